The van der Waals surface area contributed by atoms with E-state index in [0.29, 0.717) is 19.0 Å². The standard InChI is InChI=1S/C18H28N4O2/c1-13(2)11-20-16(19)21-12-15(14-9-7-6-8-10-14)22-17(23)24-18(3,4)5/h6-10,15H,1,11-12H2,2-5H3,(H,22,23)(H3,19,20,21). The Kier molecular flexibility index (Phi) is 7.30. The van der Waals surface area contributed by atoms with E-state index in [0.717, 1.165) is 11.1 Å². The van der Waals surface area contributed by atoms with Crippen molar-refractivity contribution in [2.75, 3.05) is 13.1 Å². The van der Waals surface area contributed by atoms with Gasteiger partial charge in [-0.3, -0.25) is 4.99 Å². The van der Waals surface area contributed by atoms with Crippen molar-refractivity contribution in [1.29, 1.82) is 0 Å². The molecule has 6 heteroatoms. The summed E-state index contributed by atoms with van der Waals surface area (Å²) < 4.78 is 5.32. The molecule has 1 aromatic rings. The molecule has 0 aromatic heterocycles. The third kappa shape index (κ3) is 8.22. The van der Waals surface area contributed by atoms with Crippen molar-refractivity contribution in [2.45, 2.75) is 39.3 Å². The molecule has 1 unspecified atom stereocenters. The van der Waals surface area contributed by atoms with E-state index >= 15 is 0 Å². The molecule has 6 nitrogen and oxygen atoms in total. The highest BCUT2D eigenvalue weighted by atomic mass is 16.6. The molecule has 1 atom stereocenters. The van der Waals surface area contributed by atoms with Crippen LogP contribution in [0.4, 0.5) is 4.79 Å². The zero-order chi connectivity index (χ0) is 18.2. The van der Waals surface area contributed by atoms with Gasteiger partial charge < -0.3 is 21.1 Å². The van der Waals surface area contributed by atoms with Crippen molar-refractivity contribution >= 4 is 12.1 Å². The van der Waals surface area contributed by atoms with Crippen LogP contribution in [0.25, 0.3) is 0 Å². The quantitative estimate of drug-likeness (QED) is 0.424. The second-order valence-corrected chi connectivity index (χ2v) is 6.65. The van der Waals surface area contributed by atoms with E-state index in [-0.39, 0.29) is 6.04 Å². The number of benzene rings is 1. The Morgan fingerprint density at radius 3 is 2.50 bits per heavy atom. The molecule has 24 heavy (non-hydrogen) atoms. The van der Waals surface area contributed by atoms with E-state index in [4.69, 9.17) is 10.5 Å². The first-order chi connectivity index (χ1) is 11.2. The zero-order valence-electron chi connectivity index (χ0n) is 14.9. The lowest BCUT2D eigenvalue weighted by atomic mass is 10.1. The van der Waals surface area contributed by atoms with Crippen LogP contribution in [0, 0.1) is 0 Å². The number of amides is 1. The van der Waals surface area contributed by atoms with Crippen LogP contribution in [0.2, 0.25) is 0 Å². The van der Waals surface area contributed by atoms with Gasteiger partial charge >= 0.3 is 6.09 Å². The SMILES string of the molecule is C=C(C)CNC(N)=NCC(NC(=O)OC(C)(C)C)c1ccccc1. The van der Waals surface area contributed by atoms with Gasteiger partial charge in [0.05, 0.1) is 12.6 Å². The van der Waals surface area contributed by atoms with Crippen LogP contribution in [-0.2, 0) is 4.74 Å². The normalized spacial score (nSPS) is 13.1. The number of hydrogen-bond donors (Lipinski definition) is 3. The highest BCUT2D eigenvalue weighted by molar-refractivity contribution is 5.78. The number of guanidine groups is 1. The summed E-state index contributed by atoms with van der Waals surface area (Å²) in [5.41, 5.74) is 7.16. The summed E-state index contributed by atoms with van der Waals surface area (Å²) in [5, 5.41) is 5.81. The van der Waals surface area contributed by atoms with Crippen LogP contribution in [-0.4, -0.2) is 30.7 Å². The number of ether oxygens (including phenoxy) is 1. The second kappa shape index (κ2) is 8.96. The Morgan fingerprint density at radius 2 is 1.96 bits per heavy atom. The molecule has 0 heterocycles. The van der Waals surface area contributed by atoms with Gasteiger partial charge in [-0.1, -0.05) is 42.5 Å². The van der Waals surface area contributed by atoms with Crippen LogP contribution in [0.3, 0.4) is 0 Å². The number of carbonyl (C=O) groups excluding carboxylic acids is 1. The summed E-state index contributed by atoms with van der Waals surface area (Å²) in [7, 11) is 0. The number of hydrogen-bond acceptors (Lipinski definition) is 3. The third-order valence-electron chi connectivity index (χ3n) is 2.91. The molecule has 4 N–H and O–H groups in total. The van der Waals surface area contributed by atoms with Crippen LogP contribution in [0.15, 0.2) is 47.5 Å². The predicted octanol–water partition coefficient (Wildman–Crippen LogP) is 2.73. The first-order valence-electron chi connectivity index (χ1n) is 7.90. The summed E-state index contributed by atoms with van der Waals surface area (Å²) in [6.45, 7) is 12.0. The Labute approximate surface area is 144 Å². The van der Waals surface area contributed by atoms with Gasteiger partial charge in [-0.25, -0.2) is 4.79 Å². The van der Waals surface area contributed by atoms with Gasteiger partial charge in [0.2, 0.25) is 0 Å². The lowest BCUT2D eigenvalue weighted by Crippen LogP contribution is -2.37. The third-order valence-corrected chi connectivity index (χ3v) is 2.91. The fourth-order valence-corrected chi connectivity index (χ4v) is 1.86. The summed E-state index contributed by atoms with van der Waals surface area (Å²) in [5.74, 6) is 0.310. The fourth-order valence-electron chi connectivity index (χ4n) is 1.86. The Bertz CT molecular complexity index is 576. The lowest BCUT2D eigenvalue weighted by Gasteiger charge is -2.23. The molecule has 132 valence electrons. The van der Waals surface area contributed by atoms with Gasteiger partial charge in [-0.15, -0.1) is 0 Å². The number of aliphatic imine (C=N–C) groups is 1. The van der Waals surface area contributed by atoms with E-state index in [1.54, 1.807) is 0 Å². The van der Waals surface area contributed by atoms with E-state index in [1.165, 1.54) is 0 Å². The molecule has 1 aromatic carbocycles. The van der Waals surface area contributed by atoms with Crippen LogP contribution in [0.1, 0.15) is 39.3 Å². The molecule has 1 rings (SSSR count). The highest BCUT2D eigenvalue weighted by Crippen LogP contribution is 2.15. The Hall–Kier alpha value is -2.50. The minimum absolute atomic E-state index is 0.304. The van der Waals surface area contributed by atoms with Crippen LogP contribution < -0.4 is 16.4 Å². The van der Waals surface area contributed by atoms with Crippen LogP contribution in [0.5, 0.6) is 0 Å². The molecule has 0 spiro atoms. The van der Waals surface area contributed by atoms with Crippen molar-refractivity contribution < 1.29 is 9.53 Å². The van der Waals surface area contributed by atoms with Gasteiger partial charge in [0.25, 0.3) is 0 Å². The number of nitrogens with zero attached hydrogens (tertiary/aromatic N) is 1. The monoisotopic (exact) mass is 332 g/mol. The fraction of sp³-hybridized carbons (Fsp3) is 0.444. The highest BCUT2D eigenvalue weighted by Gasteiger charge is 2.20. The van der Waals surface area contributed by atoms with Crippen molar-refractivity contribution in [3.63, 3.8) is 0 Å². The van der Waals surface area contributed by atoms with Crippen molar-refractivity contribution in [1.82, 2.24) is 10.6 Å². The smallest absolute Gasteiger partial charge is 0.408 e. The Balaban J connectivity index is 2.78. The summed E-state index contributed by atoms with van der Waals surface area (Å²) in [6, 6.07) is 9.26. The molecule has 0 fully saturated rings. The van der Waals surface area contributed by atoms with Gasteiger partial charge in [0.1, 0.15) is 5.60 Å². The van der Waals surface area contributed by atoms with Gasteiger partial charge in [0, 0.05) is 6.54 Å². The minimum Gasteiger partial charge on any atom is -0.444 e. The van der Waals surface area contributed by atoms with E-state index in [2.05, 4.69) is 22.2 Å². The summed E-state index contributed by atoms with van der Waals surface area (Å²) in [4.78, 5) is 16.4. The molecular formula is C18H28N4O2. The molecule has 0 saturated carbocycles. The minimum atomic E-state index is -0.559. The topological polar surface area (TPSA) is 88.7 Å². The largest absolute Gasteiger partial charge is 0.444 e. The maximum absolute atomic E-state index is 12.1. The molecule has 0 saturated heterocycles. The molecule has 0 aliphatic heterocycles. The van der Waals surface area contributed by atoms with E-state index < -0.39 is 11.7 Å². The number of nitrogens with one attached hydrogen (secondary N) is 2. The predicted molar refractivity (Wildman–Crippen MR) is 97.9 cm³/mol. The van der Waals surface area contributed by atoms with Crippen molar-refractivity contribution in [2.24, 2.45) is 10.7 Å². The molecule has 0 bridgehead atoms. The van der Waals surface area contributed by atoms with Gasteiger partial charge in [-0.05, 0) is 33.3 Å². The van der Waals surface area contributed by atoms with Crippen molar-refractivity contribution in [3.05, 3.63) is 48.0 Å². The van der Waals surface area contributed by atoms with E-state index in [1.807, 2.05) is 58.0 Å². The van der Waals surface area contributed by atoms with Crippen LogP contribution >= 0.6 is 0 Å². The maximum atomic E-state index is 12.1. The van der Waals surface area contributed by atoms with Gasteiger partial charge in [-0.2, -0.15) is 0 Å². The maximum Gasteiger partial charge on any atom is 0.408 e. The van der Waals surface area contributed by atoms with Crippen molar-refractivity contribution in [3.8, 4) is 0 Å². The molecule has 0 radical (unpaired) electrons. The molecule has 0 aliphatic carbocycles. The summed E-state index contributed by atoms with van der Waals surface area (Å²) in [6.07, 6.45) is -0.486. The zero-order valence-corrected chi connectivity index (χ0v) is 14.9. The average molecular weight is 332 g/mol. The molecular weight excluding hydrogens is 304 g/mol. The number of rotatable bonds is 6. The summed E-state index contributed by atoms with van der Waals surface area (Å²) >= 11 is 0. The molecule has 1 amide bonds. The Morgan fingerprint density at radius 1 is 1.33 bits per heavy atom. The number of carbonyl (C=O) groups is 1. The number of nitrogens with two attached hydrogens (primary N) is 1. The van der Waals surface area contributed by atoms with Gasteiger partial charge in [0.15, 0.2) is 5.96 Å². The second-order valence-electron chi connectivity index (χ2n) is 6.65. The lowest BCUT2D eigenvalue weighted by molar-refractivity contribution is 0.0505. The number of alkyl carbamates (subject to hydrolysis) is 1. The first-order valence-corrected chi connectivity index (χ1v) is 7.90. The van der Waals surface area contributed by atoms with E-state index in [9.17, 15) is 4.79 Å². The average Bonchev–Trinajstić information content (AvgIpc) is 2.48. The molecule has 0 aliphatic rings. The first kappa shape index (κ1) is 19.5.